The quantitative estimate of drug-likeness (QED) is 0.0745. The van der Waals surface area contributed by atoms with Gasteiger partial charge < -0.3 is 31.7 Å². The number of aromatic nitrogens is 2. The van der Waals surface area contributed by atoms with Crippen LogP contribution in [0.4, 0.5) is 11.5 Å². The first kappa shape index (κ1) is 26.6. The normalized spacial score (nSPS) is 12.2. The number of rotatable bonds is 7. The number of aldehydes is 1. The van der Waals surface area contributed by atoms with Crippen molar-refractivity contribution >= 4 is 35.4 Å². The number of nitrogens with zero attached hydrogens (tertiary/aromatic N) is 4. The maximum Gasteiger partial charge on any atom is 0.286 e. The SMILES string of the molecule is CNc1cc(C(=O)N(N)Cc2ccc3c(c2)NC(=O)CO3)ncn1.N/N=C(\N)c1ccc(CC=O)cc1. The van der Waals surface area contributed by atoms with E-state index >= 15 is 0 Å². The maximum atomic E-state index is 12.3. The molecule has 37 heavy (non-hydrogen) atoms. The molecule has 192 valence electrons. The number of nitrogens with two attached hydrogens (primary N) is 3. The zero-order valence-electron chi connectivity index (χ0n) is 20.0. The van der Waals surface area contributed by atoms with Crippen LogP contribution < -0.4 is 32.8 Å². The van der Waals surface area contributed by atoms with Crippen LogP contribution >= 0.6 is 0 Å². The number of ether oxygens (including phenoxy) is 1. The van der Waals surface area contributed by atoms with Gasteiger partial charge >= 0.3 is 0 Å². The molecule has 4 rings (SSSR count). The second-order valence-electron chi connectivity index (χ2n) is 7.72. The molecule has 0 bridgehead atoms. The van der Waals surface area contributed by atoms with Crippen molar-refractivity contribution in [3.8, 4) is 5.75 Å². The Morgan fingerprint density at radius 3 is 2.59 bits per heavy atom. The molecule has 0 atom stereocenters. The van der Waals surface area contributed by atoms with Crippen LogP contribution in [0.25, 0.3) is 0 Å². The van der Waals surface area contributed by atoms with Crippen molar-refractivity contribution in [2.75, 3.05) is 24.3 Å². The predicted octanol–water partition coefficient (Wildman–Crippen LogP) is 0.372. The molecular weight excluding hydrogens is 478 g/mol. The van der Waals surface area contributed by atoms with Crippen LogP contribution in [0.15, 0.2) is 60.0 Å². The van der Waals surface area contributed by atoms with E-state index in [1.807, 2.05) is 12.1 Å². The Kier molecular flexibility index (Phi) is 9.05. The molecule has 8 N–H and O–H groups in total. The lowest BCUT2D eigenvalue weighted by Gasteiger charge is -2.20. The average molecular weight is 506 g/mol. The number of carbonyl (C=O) groups is 3. The number of nitrogens with one attached hydrogen (secondary N) is 2. The minimum atomic E-state index is -0.438. The molecule has 0 saturated heterocycles. The summed E-state index contributed by atoms with van der Waals surface area (Å²) in [5.74, 6) is 11.6. The zero-order valence-corrected chi connectivity index (χ0v) is 20.0. The Labute approximate surface area is 212 Å². The topological polar surface area (TPSA) is 204 Å². The fraction of sp³-hybridized carbons (Fsp3) is 0.167. The molecule has 0 spiro atoms. The van der Waals surface area contributed by atoms with E-state index in [4.69, 9.17) is 22.2 Å². The summed E-state index contributed by atoms with van der Waals surface area (Å²) >= 11 is 0. The van der Waals surface area contributed by atoms with Crippen molar-refractivity contribution in [3.63, 3.8) is 0 Å². The first-order valence-corrected chi connectivity index (χ1v) is 11.0. The van der Waals surface area contributed by atoms with Crippen LogP contribution in [-0.2, 0) is 22.6 Å². The number of hydrazine groups is 1. The van der Waals surface area contributed by atoms with E-state index in [0.29, 0.717) is 23.7 Å². The largest absolute Gasteiger partial charge is 0.482 e. The molecule has 2 aromatic carbocycles. The van der Waals surface area contributed by atoms with Gasteiger partial charge in [0, 0.05) is 25.1 Å². The lowest BCUT2D eigenvalue weighted by molar-refractivity contribution is -0.118. The standard InChI is InChI=1S/C15H16N6O3.C9H11N3O/c1-17-13-5-11(18-8-19-13)15(23)21(16)6-9-2-3-12-10(4-9)20-14(22)7-24-12;10-9(12-11)8-3-1-7(2-4-8)5-6-13/h2-5,8H,6-7,16H2,1H3,(H,20,22)(H,17,18,19);1-4,6H,5,11H2,(H2,10,12). The molecule has 0 saturated carbocycles. The lowest BCUT2D eigenvalue weighted by Crippen LogP contribution is -2.37. The van der Waals surface area contributed by atoms with Crippen molar-refractivity contribution < 1.29 is 19.1 Å². The van der Waals surface area contributed by atoms with Crippen molar-refractivity contribution in [2.45, 2.75) is 13.0 Å². The van der Waals surface area contributed by atoms with Crippen molar-refractivity contribution in [2.24, 2.45) is 22.5 Å². The summed E-state index contributed by atoms with van der Waals surface area (Å²) in [6.07, 6.45) is 2.56. The minimum Gasteiger partial charge on any atom is -0.482 e. The van der Waals surface area contributed by atoms with Crippen LogP contribution in [0.2, 0.25) is 0 Å². The van der Waals surface area contributed by atoms with Gasteiger partial charge in [0.1, 0.15) is 35.7 Å². The monoisotopic (exact) mass is 505 g/mol. The number of benzene rings is 2. The second-order valence-corrected chi connectivity index (χ2v) is 7.72. The highest BCUT2D eigenvalue weighted by Crippen LogP contribution is 2.28. The number of amidine groups is 1. The summed E-state index contributed by atoms with van der Waals surface area (Å²) in [6.45, 7) is 0.149. The number of hydrazone groups is 1. The first-order valence-electron chi connectivity index (χ1n) is 11.0. The molecule has 0 aliphatic carbocycles. The molecule has 2 amide bonds. The number of fused-ring (bicyclic) bond motifs is 1. The highest BCUT2D eigenvalue weighted by molar-refractivity contribution is 5.97. The Morgan fingerprint density at radius 1 is 1.19 bits per heavy atom. The average Bonchev–Trinajstić information content (AvgIpc) is 2.93. The molecule has 0 fully saturated rings. The van der Waals surface area contributed by atoms with Crippen molar-refractivity contribution in [1.29, 1.82) is 0 Å². The Balaban J connectivity index is 0.000000248. The molecule has 0 radical (unpaired) electrons. The molecule has 1 aromatic heterocycles. The summed E-state index contributed by atoms with van der Waals surface area (Å²) in [7, 11) is 1.69. The van der Waals surface area contributed by atoms with Gasteiger partial charge in [-0.1, -0.05) is 30.3 Å². The summed E-state index contributed by atoms with van der Waals surface area (Å²) in [5, 5.41) is 9.95. The van der Waals surface area contributed by atoms with Gasteiger partial charge in [-0.3, -0.25) is 14.6 Å². The van der Waals surface area contributed by atoms with Gasteiger partial charge in [-0.25, -0.2) is 15.8 Å². The highest BCUT2D eigenvalue weighted by Gasteiger charge is 2.19. The van der Waals surface area contributed by atoms with Crippen LogP contribution in [0.1, 0.15) is 27.2 Å². The Hall–Kier alpha value is -5.04. The summed E-state index contributed by atoms with van der Waals surface area (Å²) in [4.78, 5) is 41.8. The van der Waals surface area contributed by atoms with E-state index in [1.165, 1.54) is 12.4 Å². The molecule has 2 heterocycles. The lowest BCUT2D eigenvalue weighted by atomic mass is 10.1. The first-order chi connectivity index (χ1) is 17.8. The maximum absolute atomic E-state index is 12.3. The van der Waals surface area contributed by atoms with E-state index < -0.39 is 5.91 Å². The minimum absolute atomic E-state index is 0.00461. The third-order valence-electron chi connectivity index (χ3n) is 5.14. The third-order valence-corrected chi connectivity index (χ3v) is 5.14. The fourth-order valence-electron chi connectivity index (χ4n) is 3.24. The molecule has 1 aliphatic rings. The fourth-order valence-corrected chi connectivity index (χ4v) is 3.24. The van der Waals surface area contributed by atoms with Crippen molar-refractivity contribution in [1.82, 2.24) is 15.0 Å². The number of hydrogen-bond acceptors (Lipinski definition) is 10. The number of anilines is 2. The van der Waals surface area contributed by atoms with Gasteiger partial charge in [0.05, 0.1) is 12.2 Å². The smallest absolute Gasteiger partial charge is 0.286 e. The van der Waals surface area contributed by atoms with E-state index in [-0.39, 0.29) is 30.6 Å². The van der Waals surface area contributed by atoms with Gasteiger partial charge in [0.25, 0.3) is 11.8 Å². The molecule has 1 aliphatic heterocycles. The van der Waals surface area contributed by atoms with E-state index in [0.717, 1.165) is 28.0 Å². The number of carbonyl (C=O) groups excluding carboxylic acids is 3. The third kappa shape index (κ3) is 7.22. The number of hydrogen-bond donors (Lipinski definition) is 5. The predicted molar refractivity (Wildman–Crippen MR) is 137 cm³/mol. The summed E-state index contributed by atoms with van der Waals surface area (Å²) < 4.78 is 5.29. The molecule has 13 nitrogen and oxygen atoms in total. The van der Waals surface area contributed by atoms with E-state index in [9.17, 15) is 14.4 Å². The van der Waals surface area contributed by atoms with Crippen LogP contribution in [0, 0.1) is 0 Å². The van der Waals surface area contributed by atoms with Gasteiger partial charge in [0.15, 0.2) is 6.61 Å². The van der Waals surface area contributed by atoms with Gasteiger partial charge in [-0.2, -0.15) is 5.10 Å². The summed E-state index contributed by atoms with van der Waals surface area (Å²) in [5.41, 5.74) is 8.68. The Bertz CT molecular complexity index is 1300. The molecule has 13 heteroatoms. The van der Waals surface area contributed by atoms with Gasteiger partial charge in [-0.15, -0.1) is 0 Å². The molecular formula is C24H27N9O4. The number of amides is 2. The summed E-state index contributed by atoms with van der Waals surface area (Å²) in [6, 6.07) is 14.0. The van der Waals surface area contributed by atoms with Gasteiger partial charge in [0.2, 0.25) is 0 Å². The van der Waals surface area contributed by atoms with E-state index in [2.05, 4.69) is 25.7 Å². The van der Waals surface area contributed by atoms with Crippen LogP contribution in [0.3, 0.4) is 0 Å². The second kappa shape index (κ2) is 12.6. The van der Waals surface area contributed by atoms with Gasteiger partial charge in [-0.05, 0) is 23.3 Å². The Morgan fingerprint density at radius 2 is 1.92 bits per heavy atom. The van der Waals surface area contributed by atoms with Crippen LogP contribution in [0.5, 0.6) is 5.75 Å². The molecule has 0 unspecified atom stereocenters. The van der Waals surface area contributed by atoms with Crippen molar-refractivity contribution in [3.05, 3.63) is 77.2 Å². The highest BCUT2D eigenvalue weighted by atomic mass is 16.5. The zero-order chi connectivity index (χ0) is 26.8. The molecule has 3 aromatic rings. The van der Waals surface area contributed by atoms with Crippen LogP contribution in [-0.4, -0.2) is 52.6 Å². The van der Waals surface area contributed by atoms with E-state index in [1.54, 1.807) is 37.4 Å².